The fourth-order valence-electron chi connectivity index (χ4n) is 3.74. The summed E-state index contributed by atoms with van der Waals surface area (Å²) in [6.07, 6.45) is 3.15. The summed E-state index contributed by atoms with van der Waals surface area (Å²) < 4.78 is 19.1. The number of carbonyl (C=O) groups is 2. The summed E-state index contributed by atoms with van der Waals surface area (Å²) in [5, 5.41) is 21.0. The van der Waals surface area contributed by atoms with E-state index in [1.807, 2.05) is 0 Å². The van der Waals surface area contributed by atoms with Gasteiger partial charge < -0.3 is 19.8 Å². The van der Waals surface area contributed by atoms with Crippen LogP contribution in [0.2, 0.25) is 0 Å². The largest absolute Gasteiger partial charge is 0.508 e. The maximum Gasteiger partial charge on any atom is 0.295 e. The van der Waals surface area contributed by atoms with Crippen molar-refractivity contribution < 1.29 is 28.9 Å². The molecule has 1 aromatic heterocycles. The summed E-state index contributed by atoms with van der Waals surface area (Å²) in [7, 11) is 1.31. The number of hydrogen-bond donors (Lipinski definition) is 2. The topological polar surface area (TPSA) is 100.0 Å². The van der Waals surface area contributed by atoms with Gasteiger partial charge in [-0.25, -0.2) is 4.39 Å². The van der Waals surface area contributed by atoms with Gasteiger partial charge >= 0.3 is 0 Å². The second-order valence-electron chi connectivity index (χ2n) is 7.23. The van der Waals surface area contributed by atoms with Crippen LogP contribution in [0.15, 0.2) is 72.6 Å². The predicted molar refractivity (Wildman–Crippen MR) is 113 cm³/mol. The number of halogens is 1. The lowest BCUT2D eigenvalue weighted by atomic mass is 9.95. The molecule has 162 valence electrons. The van der Waals surface area contributed by atoms with Gasteiger partial charge in [-0.05, 0) is 47.5 Å². The van der Waals surface area contributed by atoms with E-state index in [1.54, 1.807) is 36.7 Å². The van der Waals surface area contributed by atoms with E-state index >= 15 is 0 Å². The number of benzene rings is 2. The van der Waals surface area contributed by atoms with Crippen LogP contribution >= 0.6 is 0 Å². The standard InChI is InChI=1S/C24H19FN2O5/c1-32-19-8-7-16(11-18(19)25)22(29)20-21(15-5-2-6-17(28)10-15)27(24(31)23(20)30)13-14-4-3-9-26-12-14/h2-12,21,28-29H,13H2,1H3/b22-20-. The lowest BCUT2D eigenvalue weighted by Gasteiger charge is -2.25. The Morgan fingerprint density at radius 1 is 1.16 bits per heavy atom. The molecule has 1 fully saturated rings. The molecule has 4 rings (SSSR count). The zero-order chi connectivity index (χ0) is 22.8. The number of phenolic OH excluding ortho intramolecular Hbond substituents is 1. The number of likely N-dealkylation sites (tertiary alicyclic amines) is 1. The van der Waals surface area contributed by atoms with Crippen molar-refractivity contribution in [1.82, 2.24) is 9.88 Å². The molecule has 0 radical (unpaired) electrons. The number of amides is 1. The third-order valence-electron chi connectivity index (χ3n) is 5.23. The molecule has 0 bridgehead atoms. The summed E-state index contributed by atoms with van der Waals surface area (Å²) in [6, 6.07) is 12.3. The fraction of sp³-hybridized carbons (Fsp3) is 0.125. The van der Waals surface area contributed by atoms with Gasteiger partial charge in [-0.15, -0.1) is 0 Å². The number of hydrogen-bond acceptors (Lipinski definition) is 6. The highest BCUT2D eigenvalue weighted by Gasteiger charge is 2.46. The molecule has 2 heterocycles. The van der Waals surface area contributed by atoms with Crippen molar-refractivity contribution in [3.05, 3.63) is 95.1 Å². The first-order chi connectivity index (χ1) is 15.4. The first-order valence-electron chi connectivity index (χ1n) is 9.71. The Labute approximate surface area is 183 Å². The number of ketones is 1. The molecule has 32 heavy (non-hydrogen) atoms. The van der Waals surface area contributed by atoms with Crippen molar-refractivity contribution in [2.24, 2.45) is 0 Å². The van der Waals surface area contributed by atoms with Crippen molar-refractivity contribution in [3.63, 3.8) is 0 Å². The molecule has 1 saturated heterocycles. The second kappa shape index (κ2) is 8.50. The lowest BCUT2D eigenvalue weighted by Crippen LogP contribution is -2.29. The number of aromatic hydroxyl groups is 1. The van der Waals surface area contributed by atoms with E-state index in [2.05, 4.69) is 4.98 Å². The number of pyridine rings is 1. The molecule has 1 amide bonds. The summed E-state index contributed by atoms with van der Waals surface area (Å²) in [5.41, 5.74) is 0.917. The SMILES string of the molecule is COc1ccc(/C(O)=C2/C(=O)C(=O)N(Cc3cccnc3)C2c2cccc(O)c2)cc1F. The van der Waals surface area contributed by atoms with Crippen molar-refractivity contribution >= 4 is 17.4 Å². The van der Waals surface area contributed by atoms with Gasteiger partial charge in [0.25, 0.3) is 11.7 Å². The Kier molecular flexibility index (Phi) is 5.59. The van der Waals surface area contributed by atoms with Gasteiger partial charge in [0.15, 0.2) is 11.6 Å². The number of rotatable bonds is 5. The van der Waals surface area contributed by atoms with Crippen molar-refractivity contribution in [3.8, 4) is 11.5 Å². The minimum atomic E-state index is -0.993. The minimum Gasteiger partial charge on any atom is -0.508 e. The summed E-state index contributed by atoms with van der Waals surface area (Å²) >= 11 is 0. The molecular weight excluding hydrogens is 415 g/mol. The first-order valence-corrected chi connectivity index (χ1v) is 9.71. The maximum atomic E-state index is 14.2. The fourth-order valence-corrected chi connectivity index (χ4v) is 3.74. The molecule has 1 aliphatic rings. The Balaban J connectivity index is 1.87. The van der Waals surface area contributed by atoms with E-state index < -0.39 is 29.3 Å². The lowest BCUT2D eigenvalue weighted by molar-refractivity contribution is -0.140. The number of Topliss-reactive ketones (excluding diaryl/α,β-unsaturated/α-hetero) is 1. The Morgan fingerprint density at radius 2 is 1.97 bits per heavy atom. The summed E-state index contributed by atoms with van der Waals surface area (Å²) in [6.45, 7) is 0.0481. The molecule has 1 unspecified atom stereocenters. The van der Waals surface area contributed by atoms with E-state index in [9.17, 15) is 24.2 Å². The van der Waals surface area contributed by atoms with Crippen molar-refractivity contribution in [1.29, 1.82) is 0 Å². The number of nitrogens with zero attached hydrogens (tertiary/aromatic N) is 2. The van der Waals surface area contributed by atoms with E-state index in [-0.39, 0.29) is 29.2 Å². The van der Waals surface area contributed by atoms with Crippen LogP contribution in [-0.4, -0.2) is 38.9 Å². The molecule has 0 aliphatic carbocycles. The molecule has 2 N–H and O–H groups in total. The molecule has 0 saturated carbocycles. The Hall–Kier alpha value is -4.20. The smallest absolute Gasteiger partial charge is 0.295 e. The van der Waals surface area contributed by atoms with Gasteiger partial charge in [-0.2, -0.15) is 0 Å². The van der Waals surface area contributed by atoms with Crippen LogP contribution < -0.4 is 4.74 Å². The van der Waals surface area contributed by atoms with Crippen LogP contribution in [0.5, 0.6) is 11.5 Å². The number of aliphatic hydroxyl groups excluding tert-OH is 1. The highest BCUT2D eigenvalue weighted by Crippen LogP contribution is 2.41. The normalized spacial score (nSPS) is 17.6. The van der Waals surface area contributed by atoms with Crippen LogP contribution in [0.1, 0.15) is 22.7 Å². The number of carbonyl (C=O) groups excluding carboxylic acids is 2. The third-order valence-corrected chi connectivity index (χ3v) is 5.23. The second-order valence-corrected chi connectivity index (χ2v) is 7.23. The number of aliphatic hydroxyl groups is 1. The molecule has 3 aromatic rings. The van der Waals surface area contributed by atoms with Gasteiger partial charge in [-0.1, -0.05) is 18.2 Å². The quantitative estimate of drug-likeness (QED) is 0.362. The van der Waals surface area contributed by atoms with Crippen molar-refractivity contribution in [2.75, 3.05) is 7.11 Å². The highest BCUT2D eigenvalue weighted by molar-refractivity contribution is 6.46. The third kappa shape index (κ3) is 3.78. The van der Waals surface area contributed by atoms with Gasteiger partial charge in [0.05, 0.1) is 18.7 Å². The molecule has 1 aliphatic heterocycles. The van der Waals surface area contributed by atoms with Crippen LogP contribution in [0.3, 0.4) is 0 Å². The average Bonchev–Trinajstić information content (AvgIpc) is 3.04. The monoisotopic (exact) mass is 434 g/mol. The van der Waals surface area contributed by atoms with E-state index in [0.29, 0.717) is 11.1 Å². The summed E-state index contributed by atoms with van der Waals surface area (Å²) in [5.74, 6) is -3.07. The maximum absolute atomic E-state index is 14.2. The molecule has 2 aromatic carbocycles. The molecule has 0 spiro atoms. The molecule has 7 nitrogen and oxygen atoms in total. The van der Waals surface area contributed by atoms with Gasteiger partial charge in [-0.3, -0.25) is 14.6 Å². The number of phenols is 1. The van der Waals surface area contributed by atoms with E-state index in [0.717, 1.165) is 6.07 Å². The Morgan fingerprint density at radius 3 is 2.62 bits per heavy atom. The number of ether oxygens (including phenoxy) is 1. The molecule has 8 heteroatoms. The zero-order valence-corrected chi connectivity index (χ0v) is 17.0. The molecular formula is C24H19FN2O5. The van der Waals surface area contributed by atoms with Crippen LogP contribution in [0.25, 0.3) is 5.76 Å². The number of methoxy groups -OCH3 is 1. The van der Waals surface area contributed by atoms with Crippen molar-refractivity contribution in [2.45, 2.75) is 12.6 Å². The highest BCUT2D eigenvalue weighted by atomic mass is 19.1. The van der Waals surface area contributed by atoms with E-state index in [4.69, 9.17) is 4.74 Å². The number of aromatic nitrogens is 1. The average molecular weight is 434 g/mol. The minimum absolute atomic E-state index is 0.0211. The van der Waals surface area contributed by atoms with Crippen LogP contribution in [0, 0.1) is 5.82 Å². The Bertz CT molecular complexity index is 1230. The van der Waals surface area contributed by atoms with Gasteiger partial charge in [0.1, 0.15) is 11.5 Å². The van der Waals surface area contributed by atoms with Crippen LogP contribution in [-0.2, 0) is 16.1 Å². The van der Waals surface area contributed by atoms with Crippen LogP contribution in [0.4, 0.5) is 4.39 Å². The predicted octanol–water partition coefficient (Wildman–Crippen LogP) is 3.56. The van der Waals surface area contributed by atoms with Gasteiger partial charge in [0, 0.05) is 24.5 Å². The molecule has 1 atom stereocenters. The first kappa shape index (κ1) is 21.0. The summed E-state index contributed by atoms with van der Waals surface area (Å²) in [4.78, 5) is 31.3. The zero-order valence-electron chi connectivity index (χ0n) is 17.0. The van der Waals surface area contributed by atoms with Gasteiger partial charge in [0.2, 0.25) is 0 Å². The van der Waals surface area contributed by atoms with E-state index in [1.165, 1.54) is 36.3 Å².